The number of ether oxygens (including phenoxy) is 2. The quantitative estimate of drug-likeness (QED) is 0.330. The number of aldehydes is 2. The minimum Gasteiger partial charge on any atom is -0.507 e. The zero-order chi connectivity index (χ0) is 22.4. The highest BCUT2D eigenvalue weighted by Gasteiger charge is 2.32. The Labute approximate surface area is 171 Å². The lowest BCUT2D eigenvalue weighted by molar-refractivity contribution is -0.275. The van der Waals surface area contributed by atoms with Crippen molar-refractivity contribution < 1.29 is 55.6 Å². The minimum atomic E-state index is -4.82. The van der Waals surface area contributed by atoms with Gasteiger partial charge in [0.1, 0.15) is 23.0 Å². The molecule has 2 rings (SSSR count). The van der Waals surface area contributed by atoms with Crippen LogP contribution in [0.4, 0.5) is 26.3 Å². The van der Waals surface area contributed by atoms with Crippen molar-refractivity contribution in [3.05, 3.63) is 45.0 Å². The highest BCUT2D eigenvalue weighted by Crippen LogP contribution is 2.31. The van der Waals surface area contributed by atoms with Crippen LogP contribution < -0.4 is 9.47 Å². The van der Waals surface area contributed by atoms with Crippen LogP contribution in [0.5, 0.6) is 23.0 Å². The number of carbonyl (C=O) groups excluding carboxylic acids is 2. The lowest BCUT2D eigenvalue weighted by Gasteiger charge is -2.10. The predicted octanol–water partition coefficient (Wildman–Crippen LogP) is 4.81. The molecule has 0 saturated carbocycles. The first-order valence-electron chi connectivity index (χ1n) is 7.03. The number of halogens is 7. The van der Waals surface area contributed by atoms with E-state index in [2.05, 4.69) is 9.47 Å². The highest BCUT2D eigenvalue weighted by atomic mass is 127. The largest absolute Gasteiger partial charge is 0.573 e. The third-order valence-electron chi connectivity index (χ3n) is 2.79. The average Bonchev–Trinajstić information content (AvgIpc) is 2.57. The summed E-state index contributed by atoms with van der Waals surface area (Å²) in [5, 5.41) is 18.2. The van der Waals surface area contributed by atoms with Crippen molar-refractivity contribution in [2.45, 2.75) is 12.7 Å². The van der Waals surface area contributed by atoms with Gasteiger partial charge in [-0.15, -0.1) is 26.3 Å². The van der Waals surface area contributed by atoms with Crippen molar-refractivity contribution >= 4 is 35.2 Å². The van der Waals surface area contributed by atoms with Crippen LogP contribution in [0.25, 0.3) is 0 Å². The van der Waals surface area contributed by atoms with Crippen molar-refractivity contribution in [2.75, 3.05) is 0 Å². The van der Waals surface area contributed by atoms with Gasteiger partial charge in [0.2, 0.25) is 0 Å². The number of aromatic hydroxyl groups is 2. The van der Waals surface area contributed by atoms with Gasteiger partial charge >= 0.3 is 12.7 Å². The number of phenolic OH excluding ortho intramolecular Hbond substituents is 2. The van der Waals surface area contributed by atoms with Crippen molar-refractivity contribution in [1.82, 2.24) is 0 Å². The lowest BCUT2D eigenvalue weighted by Crippen LogP contribution is -2.17. The zero-order valence-electron chi connectivity index (χ0n) is 13.7. The molecule has 0 radical (unpaired) electrons. The number of carbonyl (C=O) groups is 2. The molecule has 0 fully saturated rings. The van der Waals surface area contributed by atoms with Crippen LogP contribution in [-0.2, 0) is 0 Å². The first-order valence-corrected chi connectivity index (χ1v) is 8.11. The van der Waals surface area contributed by atoms with E-state index in [1.165, 1.54) is 0 Å². The van der Waals surface area contributed by atoms with Crippen LogP contribution in [0.2, 0.25) is 0 Å². The molecule has 0 spiro atoms. The standard InChI is InChI=1S/C8H4F3IO3.C8H5F3O3/c9-8(10,11)15-5-1-4(3-13)7(14)6(12)2-5;9-8(10,11)14-6-1-2-7(13)5(3-6)4-12/h1-3,14H;1-4,13H. The van der Waals surface area contributed by atoms with Gasteiger partial charge in [0.15, 0.2) is 12.6 Å². The van der Waals surface area contributed by atoms with Gasteiger partial charge in [0.25, 0.3) is 0 Å². The van der Waals surface area contributed by atoms with Crippen LogP contribution in [0.15, 0.2) is 30.3 Å². The van der Waals surface area contributed by atoms with E-state index in [1.54, 1.807) is 22.6 Å². The monoisotopic (exact) mass is 538 g/mol. The summed E-state index contributed by atoms with van der Waals surface area (Å²) in [7, 11) is 0. The smallest absolute Gasteiger partial charge is 0.507 e. The number of rotatable bonds is 4. The molecular weight excluding hydrogens is 529 g/mol. The molecule has 158 valence electrons. The molecule has 0 unspecified atom stereocenters. The fraction of sp³-hybridized carbons (Fsp3) is 0.125. The van der Waals surface area contributed by atoms with E-state index in [9.17, 15) is 41.0 Å². The second kappa shape index (κ2) is 9.67. The molecule has 29 heavy (non-hydrogen) atoms. The molecular formula is C16H9F6IO6. The van der Waals surface area contributed by atoms with Crippen LogP contribution in [0.1, 0.15) is 20.7 Å². The second-order valence-corrected chi connectivity index (χ2v) is 6.06. The summed E-state index contributed by atoms with van der Waals surface area (Å²) in [5.41, 5.74) is -0.507. The molecule has 0 bridgehead atoms. The molecule has 13 heteroatoms. The van der Waals surface area contributed by atoms with E-state index in [0.29, 0.717) is 0 Å². The van der Waals surface area contributed by atoms with Gasteiger partial charge in [-0.3, -0.25) is 9.59 Å². The lowest BCUT2D eigenvalue weighted by atomic mass is 10.2. The number of alkyl halides is 6. The van der Waals surface area contributed by atoms with Crippen molar-refractivity contribution in [3.8, 4) is 23.0 Å². The normalized spacial score (nSPS) is 11.1. The molecule has 0 amide bonds. The van der Waals surface area contributed by atoms with Gasteiger partial charge in [-0.1, -0.05) is 0 Å². The van der Waals surface area contributed by atoms with Crippen LogP contribution in [0.3, 0.4) is 0 Å². The summed E-state index contributed by atoms with van der Waals surface area (Å²) >= 11 is 1.59. The van der Waals surface area contributed by atoms with E-state index in [0.717, 1.165) is 30.3 Å². The third-order valence-corrected chi connectivity index (χ3v) is 3.61. The van der Waals surface area contributed by atoms with Gasteiger partial charge in [-0.2, -0.15) is 0 Å². The first-order chi connectivity index (χ1) is 13.3. The molecule has 0 heterocycles. The van der Waals surface area contributed by atoms with E-state index in [1.807, 2.05) is 0 Å². The van der Waals surface area contributed by atoms with Crippen molar-refractivity contribution in [3.63, 3.8) is 0 Å². The Morgan fingerprint density at radius 2 is 1.28 bits per heavy atom. The van der Waals surface area contributed by atoms with Crippen LogP contribution >= 0.6 is 22.6 Å². The van der Waals surface area contributed by atoms with E-state index >= 15 is 0 Å². The molecule has 0 aliphatic carbocycles. The third kappa shape index (κ3) is 8.45. The molecule has 0 aromatic heterocycles. The molecule has 2 aromatic carbocycles. The van der Waals surface area contributed by atoms with Crippen LogP contribution in [0, 0.1) is 3.57 Å². The van der Waals surface area contributed by atoms with E-state index in [4.69, 9.17) is 5.11 Å². The molecule has 0 atom stereocenters. The molecule has 2 aromatic rings. The van der Waals surface area contributed by atoms with E-state index < -0.39 is 30.0 Å². The topological polar surface area (TPSA) is 93.1 Å². The molecule has 0 aliphatic rings. The van der Waals surface area contributed by atoms with Gasteiger partial charge < -0.3 is 19.7 Å². The maximum absolute atomic E-state index is 11.8. The summed E-state index contributed by atoms with van der Waals surface area (Å²) in [5.74, 6) is -1.83. The Morgan fingerprint density at radius 3 is 1.76 bits per heavy atom. The Morgan fingerprint density at radius 1 is 0.793 bits per heavy atom. The number of hydrogen-bond donors (Lipinski definition) is 2. The molecule has 0 saturated heterocycles. The zero-order valence-corrected chi connectivity index (χ0v) is 15.9. The average molecular weight is 538 g/mol. The summed E-state index contributed by atoms with van der Waals surface area (Å²) in [6.45, 7) is 0. The van der Waals surface area contributed by atoms with Gasteiger partial charge in [0, 0.05) is 0 Å². The number of hydrogen-bond acceptors (Lipinski definition) is 6. The number of phenols is 2. The van der Waals surface area contributed by atoms with E-state index in [-0.39, 0.29) is 33.0 Å². The van der Waals surface area contributed by atoms with Crippen LogP contribution in [-0.4, -0.2) is 35.5 Å². The Bertz CT molecular complexity index is 881. The Hall–Kier alpha value is -2.71. The minimum absolute atomic E-state index is 0.108. The maximum atomic E-state index is 11.8. The molecule has 6 nitrogen and oxygen atoms in total. The SMILES string of the molecule is O=Cc1cc(OC(F)(F)F)cc(I)c1O.O=Cc1cc(OC(F)(F)F)ccc1O. The van der Waals surface area contributed by atoms with Crippen molar-refractivity contribution in [2.24, 2.45) is 0 Å². The maximum Gasteiger partial charge on any atom is 0.573 e. The van der Waals surface area contributed by atoms with Gasteiger partial charge in [0.05, 0.1) is 14.7 Å². The summed E-state index contributed by atoms with van der Waals surface area (Å²) in [6.07, 6.45) is -9.14. The fourth-order valence-electron chi connectivity index (χ4n) is 1.70. The van der Waals surface area contributed by atoms with Gasteiger partial charge in [-0.05, 0) is 52.9 Å². The highest BCUT2D eigenvalue weighted by molar-refractivity contribution is 14.1. The molecule has 2 N–H and O–H groups in total. The summed E-state index contributed by atoms with van der Waals surface area (Å²) < 4.78 is 77.9. The molecule has 0 aliphatic heterocycles. The van der Waals surface area contributed by atoms with Gasteiger partial charge in [-0.25, -0.2) is 0 Å². The predicted molar refractivity (Wildman–Crippen MR) is 93.1 cm³/mol. The summed E-state index contributed by atoms with van der Waals surface area (Å²) in [6, 6.07) is 4.46. The Balaban J connectivity index is 0.000000291. The van der Waals surface area contributed by atoms with Crippen molar-refractivity contribution in [1.29, 1.82) is 0 Å². The number of benzene rings is 2. The Kier molecular flexibility index (Phi) is 8.11. The second-order valence-electron chi connectivity index (χ2n) is 4.89. The first kappa shape index (κ1) is 24.3. The summed E-state index contributed by atoms with van der Waals surface area (Å²) in [4.78, 5) is 20.6. The fourth-order valence-corrected chi connectivity index (χ4v) is 2.32.